The van der Waals surface area contributed by atoms with Gasteiger partial charge in [0.2, 0.25) is 5.91 Å². The van der Waals surface area contributed by atoms with Crippen LogP contribution in [0.1, 0.15) is 36.0 Å². The van der Waals surface area contributed by atoms with Crippen molar-refractivity contribution in [3.63, 3.8) is 0 Å². The fraction of sp³-hybridized carbons (Fsp3) is 0.562. The molecule has 1 aromatic rings. The normalized spacial score (nSPS) is 21.1. The van der Waals surface area contributed by atoms with Gasteiger partial charge in [-0.2, -0.15) is 0 Å². The van der Waals surface area contributed by atoms with Gasteiger partial charge in [-0.05, 0) is 37.3 Å². The van der Waals surface area contributed by atoms with Crippen LogP contribution < -0.4 is 10.6 Å². The molecular formula is C16H23N3O3. The Morgan fingerprint density at radius 2 is 2.27 bits per heavy atom. The van der Waals surface area contributed by atoms with Crippen molar-refractivity contribution in [1.82, 2.24) is 15.6 Å². The second-order valence-electron chi connectivity index (χ2n) is 5.68. The number of pyridine rings is 1. The zero-order valence-corrected chi connectivity index (χ0v) is 12.9. The Balaban J connectivity index is 1.78. The summed E-state index contributed by atoms with van der Waals surface area (Å²) >= 11 is 0. The number of nitrogens with one attached hydrogen (secondary N) is 2. The van der Waals surface area contributed by atoms with E-state index >= 15 is 0 Å². The van der Waals surface area contributed by atoms with Crippen molar-refractivity contribution in [3.8, 4) is 0 Å². The standard InChI is InChI=1S/C16H23N3O3/c1-22-11-15(20)18-9-12-4-2-6-14(8-12)19-16(21)13-5-3-7-17-10-13/h3,5,7,10,12,14H,2,4,6,8-9,11H2,1H3,(H,18,20)(H,19,21)/t12?,14-/m0/s1. The monoisotopic (exact) mass is 305 g/mol. The molecule has 0 aromatic carbocycles. The van der Waals surface area contributed by atoms with E-state index in [0.717, 1.165) is 25.7 Å². The molecule has 2 N–H and O–H groups in total. The minimum Gasteiger partial charge on any atom is -0.375 e. The molecule has 2 atom stereocenters. The highest BCUT2D eigenvalue weighted by atomic mass is 16.5. The number of aromatic nitrogens is 1. The van der Waals surface area contributed by atoms with E-state index in [-0.39, 0.29) is 24.5 Å². The van der Waals surface area contributed by atoms with Gasteiger partial charge in [-0.25, -0.2) is 0 Å². The number of ether oxygens (including phenoxy) is 1. The first kappa shape index (κ1) is 16.4. The predicted molar refractivity (Wildman–Crippen MR) is 82.3 cm³/mol. The van der Waals surface area contributed by atoms with E-state index < -0.39 is 0 Å². The Labute approximate surface area is 130 Å². The lowest BCUT2D eigenvalue weighted by Gasteiger charge is -2.29. The van der Waals surface area contributed by atoms with Crippen LogP contribution in [0, 0.1) is 5.92 Å². The number of nitrogens with zero attached hydrogens (tertiary/aromatic N) is 1. The zero-order valence-electron chi connectivity index (χ0n) is 12.9. The molecule has 0 bridgehead atoms. The average Bonchev–Trinajstić information content (AvgIpc) is 2.54. The maximum absolute atomic E-state index is 12.1. The van der Waals surface area contributed by atoms with E-state index in [4.69, 9.17) is 4.74 Å². The summed E-state index contributed by atoms with van der Waals surface area (Å²) in [6.07, 6.45) is 7.22. The second kappa shape index (κ2) is 8.48. The highest BCUT2D eigenvalue weighted by molar-refractivity contribution is 5.94. The average molecular weight is 305 g/mol. The number of methoxy groups -OCH3 is 1. The number of carbonyl (C=O) groups excluding carboxylic acids is 2. The molecule has 1 saturated carbocycles. The third-order valence-electron chi connectivity index (χ3n) is 3.91. The third-order valence-corrected chi connectivity index (χ3v) is 3.91. The number of carbonyl (C=O) groups is 2. The zero-order chi connectivity index (χ0) is 15.8. The summed E-state index contributed by atoms with van der Waals surface area (Å²) in [5.41, 5.74) is 0.582. The van der Waals surface area contributed by atoms with Gasteiger partial charge in [-0.1, -0.05) is 6.42 Å². The molecule has 1 fully saturated rings. The Morgan fingerprint density at radius 3 is 3.00 bits per heavy atom. The van der Waals surface area contributed by atoms with Crippen LogP contribution in [-0.2, 0) is 9.53 Å². The van der Waals surface area contributed by atoms with Gasteiger partial charge >= 0.3 is 0 Å². The van der Waals surface area contributed by atoms with E-state index in [2.05, 4.69) is 15.6 Å². The van der Waals surface area contributed by atoms with Crippen molar-refractivity contribution in [2.75, 3.05) is 20.3 Å². The van der Waals surface area contributed by atoms with Gasteiger partial charge in [-0.15, -0.1) is 0 Å². The second-order valence-corrected chi connectivity index (χ2v) is 5.68. The Bertz CT molecular complexity index is 493. The molecule has 6 nitrogen and oxygen atoms in total. The molecule has 2 rings (SSSR count). The summed E-state index contributed by atoms with van der Waals surface area (Å²) in [4.78, 5) is 27.5. The molecule has 1 heterocycles. The molecule has 1 unspecified atom stereocenters. The van der Waals surface area contributed by atoms with Gasteiger partial charge in [0.25, 0.3) is 5.91 Å². The molecule has 0 aliphatic heterocycles. The fourth-order valence-corrected chi connectivity index (χ4v) is 2.81. The van der Waals surface area contributed by atoms with Crippen LogP contribution in [0.25, 0.3) is 0 Å². The Hall–Kier alpha value is -1.95. The van der Waals surface area contributed by atoms with Gasteiger partial charge < -0.3 is 15.4 Å². The van der Waals surface area contributed by atoms with Crippen LogP contribution in [0.15, 0.2) is 24.5 Å². The lowest BCUT2D eigenvalue weighted by atomic mass is 9.85. The van der Waals surface area contributed by atoms with E-state index in [9.17, 15) is 9.59 Å². The summed E-state index contributed by atoms with van der Waals surface area (Å²) < 4.78 is 4.79. The SMILES string of the molecule is COCC(=O)NCC1CCC[C@H](NC(=O)c2cccnc2)C1. The summed E-state index contributed by atoms with van der Waals surface area (Å²) in [5.74, 6) is 0.222. The van der Waals surface area contributed by atoms with E-state index in [1.54, 1.807) is 24.5 Å². The van der Waals surface area contributed by atoms with Crippen molar-refractivity contribution in [3.05, 3.63) is 30.1 Å². The molecule has 0 saturated heterocycles. The van der Waals surface area contributed by atoms with E-state index in [0.29, 0.717) is 18.0 Å². The molecule has 0 radical (unpaired) electrons. The highest BCUT2D eigenvalue weighted by Gasteiger charge is 2.24. The Kier molecular flexibility index (Phi) is 6.33. The molecule has 1 aliphatic carbocycles. The van der Waals surface area contributed by atoms with Crippen molar-refractivity contribution in [2.24, 2.45) is 5.92 Å². The number of hydrogen-bond acceptors (Lipinski definition) is 4. The van der Waals surface area contributed by atoms with Gasteiger partial charge in [-0.3, -0.25) is 14.6 Å². The first-order chi connectivity index (χ1) is 10.7. The van der Waals surface area contributed by atoms with Crippen LogP contribution in [0.2, 0.25) is 0 Å². The summed E-state index contributed by atoms with van der Waals surface area (Å²) in [6.45, 7) is 0.731. The first-order valence-electron chi connectivity index (χ1n) is 7.65. The fourth-order valence-electron chi connectivity index (χ4n) is 2.81. The van der Waals surface area contributed by atoms with Crippen molar-refractivity contribution in [1.29, 1.82) is 0 Å². The lowest BCUT2D eigenvalue weighted by molar-refractivity contribution is -0.124. The number of amides is 2. The third kappa shape index (κ3) is 5.11. The quantitative estimate of drug-likeness (QED) is 0.826. The van der Waals surface area contributed by atoms with Gasteiger partial charge in [0.1, 0.15) is 6.61 Å². The number of rotatable bonds is 6. The van der Waals surface area contributed by atoms with Crippen LogP contribution in [-0.4, -0.2) is 43.1 Å². The van der Waals surface area contributed by atoms with Crippen LogP contribution in [0.3, 0.4) is 0 Å². The summed E-state index contributed by atoms with van der Waals surface area (Å²) in [5, 5.41) is 5.93. The molecule has 120 valence electrons. The van der Waals surface area contributed by atoms with Crippen LogP contribution in [0.4, 0.5) is 0 Å². The molecule has 6 heteroatoms. The minimum absolute atomic E-state index is 0.0813. The van der Waals surface area contributed by atoms with Crippen LogP contribution in [0.5, 0.6) is 0 Å². The molecular weight excluding hydrogens is 282 g/mol. The van der Waals surface area contributed by atoms with Crippen molar-refractivity contribution >= 4 is 11.8 Å². The van der Waals surface area contributed by atoms with Gasteiger partial charge in [0.05, 0.1) is 5.56 Å². The van der Waals surface area contributed by atoms with Crippen molar-refractivity contribution in [2.45, 2.75) is 31.7 Å². The van der Waals surface area contributed by atoms with Gasteiger partial charge in [0, 0.05) is 32.1 Å². The summed E-state index contributed by atoms with van der Waals surface area (Å²) in [7, 11) is 1.50. The molecule has 1 aliphatic rings. The van der Waals surface area contributed by atoms with Gasteiger partial charge in [0.15, 0.2) is 0 Å². The van der Waals surface area contributed by atoms with E-state index in [1.807, 2.05) is 0 Å². The maximum atomic E-state index is 12.1. The topological polar surface area (TPSA) is 80.3 Å². The molecule has 2 amide bonds. The Morgan fingerprint density at radius 1 is 1.41 bits per heavy atom. The predicted octanol–water partition coefficient (Wildman–Crippen LogP) is 1.13. The smallest absolute Gasteiger partial charge is 0.253 e. The maximum Gasteiger partial charge on any atom is 0.253 e. The largest absolute Gasteiger partial charge is 0.375 e. The summed E-state index contributed by atoms with van der Waals surface area (Å²) in [6, 6.07) is 3.67. The lowest BCUT2D eigenvalue weighted by Crippen LogP contribution is -2.41. The molecule has 22 heavy (non-hydrogen) atoms. The molecule has 0 spiro atoms. The van der Waals surface area contributed by atoms with Crippen molar-refractivity contribution < 1.29 is 14.3 Å². The number of hydrogen-bond donors (Lipinski definition) is 2. The minimum atomic E-state index is -0.0935. The van der Waals surface area contributed by atoms with Crippen LogP contribution >= 0.6 is 0 Å². The molecule has 1 aromatic heterocycles. The highest BCUT2D eigenvalue weighted by Crippen LogP contribution is 2.24. The first-order valence-corrected chi connectivity index (χ1v) is 7.65. The van der Waals surface area contributed by atoms with E-state index in [1.165, 1.54) is 7.11 Å².